The number of hydrogen-bond acceptors (Lipinski definition) is 4. The fourth-order valence-corrected chi connectivity index (χ4v) is 2.65. The smallest absolute Gasteiger partial charge is 0.161 e. The lowest BCUT2D eigenvalue weighted by atomic mass is 10.1. The molecule has 0 aromatic heterocycles. The number of fused-ring (bicyclic) bond motifs is 1. The lowest BCUT2D eigenvalue weighted by Crippen LogP contribution is -2.40. The topological polar surface area (TPSA) is 30.9 Å². The van der Waals surface area contributed by atoms with Gasteiger partial charge in [0, 0.05) is 19.5 Å². The second-order valence-corrected chi connectivity index (χ2v) is 5.12. The lowest BCUT2D eigenvalue weighted by molar-refractivity contribution is 0.0684. The summed E-state index contributed by atoms with van der Waals surface area (Å²) in [6, 6.07) is 6.05. The Balaban J connectivity index is 1.67. The Hall–Kier alpha value is -1.33. The molecule has 102 valence electrons. The van der Waals surface area contributed by atoms with E-state index >= 15 is 0 Å². The highest BCUT2D eigenvalue weighted by Crippen LogP contribution is 2.31. The Morgan fingerprint density at radius 1 is 1.05 bits per heavy atom. The van der Waals surface area contributed by atoms with Gasteiger partial charge in [0.15, 0.2) is 11.5 Å². The molecule has 4 nitrogen and oxygen atoms in total. The van der Waals surface area contributed by atoms with Crippen molar-refractivity contribution in [3.8, 4) is 11.5 Å². The van der Waals surface area contributed by atoms with E-state index in [0.717, 1.165) is 49.2 Å². The summed E-state index contributed by atoms with van der Waals surface area (Å²) in [5.41, 5.74) is 1.17. The van der Waals surface area contributed by atoms with Crippen molar-refractivity contribution in [2.24, 2.45) is 0 Å². The Bertz CT molecular complexity index is 472. The minimum Gasteiger partial charge on any atom is -0.486 e. The maximum Gasteiger partial charge on any atom is 0.161 e. The summed E-state index contributed by atoms with van der Waals surface area (Å²) >= 11 is 5.51. The van der Waals surface area contributed by atoms with E-state index in [9.17, 15) is 0 Å². The Labute approximate surface area is 118 Å². The van der Waals surface area contributed by atoms with Crippen molar-refractivity contribution < 1.29 is 14.2 Å². The monoisotopic (exact) mass is 279 g/mol. The number of benzene rings is 1. The fraction of sp³-hybridized carbons (Fsp3) is 0.500. The minimum absolute atomic E-state index is 0.615. The van der Waals surface area contributed by atoms with E-state index in [-0.39, 0.29) is 0 Å². The molecule has 0 N–H and O–H groups in total. The van der Waals surface area contributed by atoms with Gasteiger partial charge in [-0.25, -0.2) is 0 Å². The van der Waals surface area contributed by atoms with Crippen LogP contribution >= 0.6 is 12.2 Å². The third-order valence-electron chi connectivity index (χ3n) is 3.33. The summed E-state index contributed by atoms with van der Waals surface area (Å²) in [4.78, 5) is 3.19. The van der Waals surface area contributed by atoms with Crippen molar-refractivity contribution >= 4 is 17.2 Å². The Morgan fingerprint density at radius 3 is 2.58 bits per heavy atom. The second-order valence-electron chi connectivity index (χ2n) is 4.65. The highest BCUT2D eigenvalue weighted by atomic mass is 32.1. The summed E-state index contributed by atoms with van der Waals surface area (Å²) in [6.45, 7) is 4.55. The van der Waals surface area contributed by atoms with Gasteiger partial charge in [-0.3, -0.25) is 0 Å². The predicted molar refractivity (Wildman–Crippen MR) is 76.1 cm³/mol. The maximum atomic E-state index is 5.59. The zero-order chi connectivity index (χ0) is 13.1. The Morgan fingerprint density at radius 2 is 1.79 bits per heavy atom. The van der Waals surface area contributed by atoms with Crippen LogP contribution in [0.25, 0.3) is 0 Å². The molecule has 1 saturated heterocycles. The maximum absolute atomic E-state index is 5.59. The first-order chi connectivity index (χ1) is 9.33. The van der Waals surface area contributed by atoms with Crippen LogP contribution in [-0.2, 0) is 11.2 Å². The van der Waals surface area contributed by atoms with E-state index in [1.807, 2.05) is 12.1 Å². The van der Waals surface area contributed by atoms with Gasteiger partial charge in [0.25, 0.3) is 0 Å². The third-order valence-corrected chi connectivity index (χ3v) is 3.73. The molecule has 0 bridgehead atoms. The van der Waals surface area contributed by atoms with Gasteiger partial charge in [-0.15, -0.1) is 0 Å². The number of ether oxygens (including phenoxy) is 3. The minimum atomic E-state index is 0.615. The molecule has 2 aliphatic rings. The molecule has 0 spiro atoms. The second kappa shape index (κ2) is 5.75. The van der Waals surface area contributed by atoms with E-state index < -0.39 is 0 Å². The van der Waals surface area contributed by atoms with Gasteiger partial charge < -0.3 is 19.1 Å². The molecule has 1 aromatic carbocycles. The molecule has 19 heavy (non-hydrogen) atoms. The van der Waals surface area contributed by atoms with Crippen LogP contribution in [0, 0.1) is 0 Å². The molecular weight excluding hydrogens is 262 g/mol. The van der Waals surface area contributed by atoms with Gasteiger partial charge in [-0.05, 0) is 17.7 Å². The first-order valence-electron chi connectivity index (χ1n) is 6.57. The van der Waals surface area contributed by atoms with Crippen LogP contribution in [-0.4, -0.2) is 49.4 Å². The first kappa shape index (κ1) is 12.7. The van der Waals surface area contributed by atoms with Gasteiger partial charge >= 0.3 is 0 Å². The third kappa shape index (κ3) is 2.98. The number of nitrogens with zero attached hydrogens (tertiary/aromatic N) is 1. The van der Waals surface area contributed by atoms with E-state index in [1.165, 1.54) is 5.56 Å². The molecule has 0 amide bonds. The zero-order valence-electron chi connectivity index (χ0n) is 10.8. The molecule has 0 atom stereocenters. The molecule has 0 radical (unpaired) electrons. The predicted octanol–water partition coefficient (Wildman–Crippen LogP) is 1.66. The van der Waals surface area contributed by atoms with E-state index in [2.05, 4.69) is 11.0 Å². The molecule has 1 fully saturated rings. The highest BCUT2D eigenvalue weighted by Gasteiger charge is 2.16. The summed E-state index contributed by atoms with van der Waals surface area (Å²) in [6.07, 6.45) is 0.770. The van der Waals surface area contributed by atoms with E-state index in [0.29, 0.717) is 13.2 Å². The average molecular weight is 279 g/mol. The highest BCUT2D eigenvalue weighted by molar-refractivity contribution is 7.80. The van der Waals surface area contributed by atoms with Crippen LogP contribution < -0.4 is 9.47 Å². The quantitative estimate of drug-likeness (QED) is 0.769. The average Bonchev–Trinajstić information content (AvgIpc) is 2.48. The summed E-state index contributed by atoms with van der Waals surface area (Å²) in [7, 11) is 0. The standard InChI is InChI=1S/C14H17NO3S/c19-14(15-3-5-16-6-4-15)10-11-1-2-12-13(9-11)18-8-7-17-12/h1-2,9H,3-8,10H2. The van der Waals surface area contributed by atoms with Crippen molar-refractivity contribution in [3.05, 3.63) is 23.8 Å². The normalized spacial score (nSPS) is 18.2. The number of hydrogen-bond donors (Lipinski definition) is 0. The van der Waals surface area contributed by atoms with Crippen LogP contribution in [0.3, 0.4) is 0 Å². The van der Waals surface area contributed by atoms with E-state index in [1.54, 1.807) is 0 Å². The largest absolute Gasteiger partial charge is 0.486 e. The van der Waals surface area contributed by atoms with E-state index in [4.69, 9.17) is 26.4 Å². The van der Waals surface area contributed by atoms with Gasteiger partial charge in [-0.2, -0.15) is 0 Å². The van der Waals surface area contributed by atoms with Crippen molar-refractivity contribution in [2.45, 2.75) is 6.42 Å². The van der Waals surface area contributed by atoms with Crippen LogP contribution in [0.5, 0.6) is 11.5 Å². The zero-order valence-corrected chi connectivity index (χ0v) is 11.6. The van der Waals surface area contributed by atoms with Crippen LogP contribution in [0.15, 0.2) is 18.2 Å². The molecule has 0 aliphatic carbocycles. The fourth-order valence-electron chi connectivity index (χ4n) is 2.30. The van der Waals surface area contributed by atoms with Crippen LogP contribution in [0.2, 0.25) is 0 Å². The van der Waals surface area contributed by atoms with Crippen LogP contribution in [0.4, 0.5) is 0 Å². The van der Waals surface area contributed by atoms with Crippen molar-refractivity contribution in [2.75, 3.05) is 39.5 Å². The SMILES string of the molecule is S=C(Cc1ccc2c(c1)OCCO2)N1CCOCC1. The number of morpholine rings is 1. The van der Waals surface area contributed by atoms with Crippen molar-refractivity contribution in [3.63, 3.8) is 0 Å². The van der Waals surface area contributed by atoms with Crippen LogP contribution in [0.1, 0.15) is 5.56 Å². The molecule has 2 aliphatic heterocycles. The molecule has 5 heteroatoms. The first-order valence-corrected chi connectivity index (χ1v) is 6.98. The molecular formula is C14H17NO3S. The molecule has 1 aromatic rings. The lowest BCUT2D eigenvalue weighted by Gasteiger charge is -2.29. The van der Waals surface area contributed by atoms with Gasteiger partial charge in [0.05, 0.1) is 18.2 Å². The number of thiocarbonyl (C=S) groups is 1. The molecule has 3 rings (SSSR count). The van der Waals surface area contributed by atoms with Crippen molar-refractivity contribution in [1.29, 1.82) is 0 Å². The number of rotatable bonds is 2. The van der Waals surface area contributed by atoms with Gasteiger partial charge in [0.2, 0.25) is 0 Å². The summed E-state index contributed by atoms with van der Waals surface area (Å²) in [5.74, 6) is 1.65. The molecule has 2 heterocycles. The Kier molecular flexibility index (Phi) is 3.84. The van der Waals surface area contributed by atoms with Crippen molar-refractivity contribution in [1.82, 2.24) is 4.90 Å². The molecule has 0 unspecified atom stereocenters. The van der Waals surface area contributed by atoms with Gasteiger partial charge in [-0.1, -0.05) is 18.3 Å². The summed E-state index contributed by atoms with van der Waals surface area (Å²) < 4.78 is 16.4. The summed E-state index contributed by atoms with van der Waals surface area (Å²) in [5, 5.41) is 0. The molecule has 0 saturated carbocycles. The van der Waals surface area contributed by atoms with Gasteiger partial charge in [0.1, 0.15) is 13.2 Å².